The third-order valence-corrected chi connectivity index (χ3v) is 3.37. The first-order valence-electron chi connectivity index (χ1n) is 6.35. The van der Waals surface area contributed by atoms with Gasteiger partial charge in [0.25, 0.3) is 0 Å². The van der Waals surface area contributed by atoms with Gasteiger partial charge in [0.05, 0.1) is 5.02 Å². The van der Waals surface area contributed by atoms with E-state index in [1.807, 2.05) is 18.2 Å². The summed E-state index contributed by atoms with van der Waals surface area (Å²) in [5, 5.41) is 4.06. The SMILES string of the molecule is CCC(CNCC(C)C)Oc1cc(Br)ccc1Cl. The van der Waals surface area contributed by atoms with Crippen LogP contribution in [0.5, 0.6) is 5.75 Å². The molecule has 102 valence electrons. The predicted octanol–water partition coefficient (Wildman–Crippen LogP) is 4.51. The summed E-state index contributed by atoms with van der Waals surface area (Å²) in [6.07, 6.45) is 1.10. The van der Waals surface area contributed by atoms with Crippen LogP contribution in [0.3, 0.4) is 0 Å². The van der Waals surface area contributed by atoms with Crippen molar-refractivity contribution in [3.8, 4) is 5.75 Å². The highest BCUT2D eigenvalue weighted by Crippen LogP contribution is 2.29. The third-order valence-electron chi connectivity index (χ3n) is 2.57. The van der Waals surface area contributed by atoms with Crippen molar-refractivity contribution in [2.45, 2.75) is 33.3 Å². The topological polar surface area (TPSA) is 21.3 Å². The molecule has 0 aliphatic heterocycles. The highest BCUT2D eigenvalue weighted by Gasteiger charge is 2.11. The van der Waals surface area contributed by atoms with Gasteiger partial charge in [-0.3, -0.25) is 0 Å². The van der Waals surface area contributed by atoms with Crippen LogP contribution in [-0.4, -0.2) is 19.2 Å². The lowest BCUT2D eigenvalue weighted by atomic mass is 10.2. The first kappa shape index (κ1) is 15.8. The zero-order chi connectivity index (χ0) is 13.5. The number of ether oxygens (including phenoxy) is 1. The van der Waals surface area contributed by atoms with Gasteiger partial charge < -0.3 is 10.1 Å². The normalized spacial score (nSPS) is 12.8. The van der Waals surface area contributed by atoms with E-state index < -0.39 is 0 Å². The minimum atomic E-state index is 0.149. The molecule has 0 radical (unpaired) electrons. The second-order valence-corrected chi connectivity index (χ2v) is 6.10. The molecule has 1 aromatic carbocycles. The van der Waals surface area contributed by atoms with Crippen LogP contribution in [-0.2, 0) is 0 Å². The molecule has 1 unspecified atom stereocenters. The van der Waals surface area contributed by atoms with E-state index in [0.717, 1.165) is 29.7 Å². The van der Waals surface area contributed by atoms with Crippen molar-refractivity contribution in [2.24, 2.45) is 5.92 Å². The minimum Gasteiger partial charge on any atom is -0.488 e. The first-order valence-corrected chi connectivity index (χ1v) is 7.52. The van der Waals surface area contributed by atoms with Crippen LogP contribution < -0.4 is 10.1 Å². The van der Waals surface area contributed by atoms with Gasteiger partial charge in [0, 0.05) is 11.0 Å². The molecule has 0 amide bonds. The summed E-state index contributed by atoms with van der Waals surface area (Å²) >= 11 is 9.54. The van der Waals surface area contributed by atoms with Gasteiger partial charge in [-0.25, -0.2) is 0 Å². The lowest BCUT2D eigenvalue weighted by Crippen LogP contribution is -2.33. The smallest absolute Gasteiger partial charge is 0.139 e. The van der Waals surface area contributed by atoms with Crippen molar-refractivity contribution in [2.75, 3.05) is 13.1 Å². The Morgan fingerprint density at radius 1 is 1.33 bits per heavy atom. The maximum absolute atomic E-state index is 6.12. The van der Waals surface area contributed by atoms with Gasteiger partial charge in [-0.1, -0.05) is 48.3 Å². The molecule has 0 saturated carbocycles. The molecule has 1 rings (SSSR count). The number of rotatable bonds is 7. The Morgan fingerprint density at radius 2 is 2.06 bits per heavy atom. The maximum atomic E-state index is 6.12. The Bertz CT molecular complexity index is 371. The second kappa shape index (κ2) is 8.03. The van der Waals surface area contributed by atoms with Gasteiger partial charge in [-0.05, 0) is 37.1 Å². The summed E-state index contributed by atoms with van der Waals surface area (Å²) in [6.45, 7) is 8.36. The third kappa shape index (κ3) is 5.59. The van der Waals surface area contributed by atoms with Crippen LogP contribution in [0.4, 0.5) is 0 Å². The van der Waals surface area contributed by atoms with Crippen LogP contribution >= 0.6 is 27.5 Å². The van der Waals surface area contributed by atoms with Crippen LogP contribution in [0.25, 0.3) is 0 Å². The zero-order valence-electron chi connectivity index (χ0n) is 11.2. The average molecular weight is 335 g/mol. The first-order chi connectivity index (χ1) is 8.52. The molecule has 0 aliphatic rings. The summed E-state index contributed by atoms with van der Waals surface area (Å²) < 4.78 is 6.91. The molecule has 4 heteroatoms. The fraction of sp³-hybridized carbons (Fsp3) is 0.571. The van der Waals surface area contributed by atoms with E-state index in [-0.39, 0.29) is 6.10 Å². The molecule has 0 spiro atoms. The number of hydrogen-bond donors (Lipinski definition) is 1. The predicted molar refractivity (Wildman–Crippen MR) is 81.6 cm³/mol. The van der Waals surface area contributed by atoms with E-state index in [4.69, 9.17) is 16.3 Å². The Balaban J connectivity index is 2.54. The monoisotopic (exact) mass is 333 g/mol. The van der Waals surface area contributed by atoms with Gasteiger partial charge in [-0.15, -0.1) is 0 Å². The fourth-order valence-electron chi connectivity index (χ4n) is 1.55. The Kier molecular flexibility index (Phi) is 7.05. The van der Waals surface area contributed by atoms with Gasteiger partial charge in [0.1, 0.15) is 11.9 Å². The highest BCUT2D eigenvalue weighted by atomic mass is 79.9. The van der Waals surface area contributed by atoms with Crippen LogP contribution in [0.2, 0.25) is 5.02 Å². The molecular formula is C14H21BrClNO. The Hall–Kier alpha value is -0.250. The number of nitrogens with one attached hydrogen (secondary N) is 1. The van der Waals surface area contributed by atoms with Crippen molar-refractivity contribution < 1.29 is 4.74 Å². The second-order valence-electron chi connectivity index (χ2n) is 4.77. The maximum Gasteiger partial charge on any atom is 0.139 e. The number of halogens is 2. The van der Waals surface area contributed by atoms with Gasteiger partial charge in [0.2, 0.25) is 0 Å². The largest absolute Gasteiger partial charge is 0.488 e. The number of hydrogen-bond acceptors (Lipinski definition) is 2. The summed E-state index contributed by atoms with van der Waals surface area (Å²) in [7, 11) is 0. The minimum absolute atomic E-state index is 0.149. The van der Waals surface area contributed by atoms with E-state index in [0.29, 0.717) is 10.9 Å². The average Bonchev–Trinajstić information content (AvgIpc) is 2.32. The molecule has 0 bridgehead atoms. The molecule has 1 N–H and O–H groups in total. The molecule has 0 aromatic heterocycles. The van der Waals surface area contributed by atoms with Gasteiger partial charge >= 0.3 is 0 Å². The van der Waals surface area contributed by atoms with Crippen LogP contribution in [0.1, 0.15) is 27.2 Å². The molecule has 2 nitrogen and oxygen atoms in total. The fourth-order valence-corrected chi connectivity index (χ4v) is 2.05. The van der Waals surface area contributed by atoms with E-state index >= 15 is 0 Å². The summed E-state index contributed by atoms with van der Waals surface area (Å²) in [4.78, 5) is 0. The number of benzene rings is 1. The van der Waals surface area contributed by atoms with Crippen molar-refractivity contribution >= 4 is 27.5 Å². The molecule has 18 heavy (non-hydrogen) atoms. The quantitative estimate of drug-likeness (QED) is 0.792. The Morgan fingerprint density at radius 3 is 2.67 bits per heavy atom. The van der Waals surface area contributed by atoms with Crippen LogP contribution in [0, 0.1) is 5.92 Å². The van der Waals surface area contributed by atoms with Crippen molar-refractivity contribution in [3.05, 3.63) is 27.7 Å². The van der Waals surface area contributed by atoms with Gasteiger partial charge in [0.15, 0.2) is 0 Å². The summed E-state index contributed by atoms with van der Waals surface area (Å²) in [5.74, 6) is 1.39. The lowest BCUT2D eigenvalue weighted by molar-refractivity contribution is 0.192. The van der Waals surface area contributed by atoms with E-state index in [1.165, 1.54) is 0 Å². The van der Waals surface area contributed by atoms with Crippen LogP contribution in [0.15, 0.2) is 22.7 Å². The van der Waals surface area contributed by atoms with Crippen molar-refractivity contribution in [1.82, 2.24) is 5.32 Å². The summed E-state index contributed by atoms with van der Waals surface area (Å²) in [5.41, 5.74) is 0. The Labute approximate surface area is 123 Å². The zero-order valence-corrected chi connectivity index (χ0v) is 13.5. The lowest BCUT2D eigenvalue weighted by Gasteiger charge is -2.19. The van der Waals surface area contributed by atoms with E-state index in [1.54, 1.807) is 0 Å². The standard InChI is InChI=1S/C14H21BrClNO/c1-4-12(9-17-8-10(2)3)18-14-7-11(15)5-6-13(14)16/h5-7,10,12,17H,4,8-9H2,1-3H3. The van der Waals surface area contributed by atoms with E-state index in [2.05, 4.69) is 42.0 Å². The van der Waals surface area contributed by atoms with Gasteiger partial charge in [-0.2, -0.15) is 0 Å². The van der Waals surface area contributed by atoms with Crippen molar-refractivity contribution in [3.63, 3.8) is 0 Å². The molecule has 1 aromatic rings. The molecule has 1 atom stereocenters. The summed E-state index contributed by atoms with van der Waals surface area (Å²) in [6, 6.07) is 5.66. The molecule has 0 aliphatic carbocycles. The highest BCUT2D eigenvalue weighted by molar-refractivity contribution is 9.10. The molecule has 0 heterocycles. The molecular weight excluding hydrogens is 314 g/mol. The van der Waals surface area contributed by atoms with Crippen molar-refractivity contribution in [1.29, 1.82) is 0 Å². The molecule has 0 fully saturated rings. The molecule has 0 saturated heterocycles. The van der Waals surface area contributed by atoms with E-state index in [9.17, 15) is 0 Å².